The second-order valence-electron chi connectivity index (χ2n) is 7.29. The number of aromatic nitrogens is 2. The summed E-state index contributed by atoms with van der Waals surface area (Å²) in [5, 5.41) is 28.3. The number of hydrogen-bond acceptors (Lipinski definition) is 6. The van der Waals surface area contributed by atoms with Crippen molar-refractivity contribution in [2.75, 3.05) is 37.2 Å². The van der Waals surface area contributed by atoms with Gasteiger partial charge < -0.3 is 26.6 Å². The number of carboxylic acid groups (broad SMARTS) is 1. The summed E-state index contributed by atoms with van der Waals surface area (Å²) in [4.78, 5) is 12.4. The Kier molecular flexibility index (Phi) is 8.70. The van der Waals surface area contributed by atoms with Crippen molar-refractivity contribution >= 4 is 23.3 Å². The summed E-state index contributed by atoms with van der Waals surface area (Å²) in [5.74, 6) is 1.02. The lowest BCUT2D eigenvalue weighted by Gasteiger charge is -2.18. The molecule has 1 aromatic carbocycles. The lowest BCUT2D eigenvalue weighted by atomic mass is 9.88. The molecule has 164 valence electrons. The largest absolute Gasteiger partial charge is 0.481 e. The molecule has 0 bridgehead atoms. The van der Waals surface area contributed by atoms with E-state index in [1.165, 1.54) is 0 Å². The van der Waals surface area contributed by atoms with Crippen LogP contribution in [0.1, 0.15) is 55.2 Å². The maximum absolute atomic E-state index is 10.7. The minimum Gasteiger partial charge on any atom is -0.481 e. The molecular weight excluding hydrogens is 380 g/mol. The molecular formula is C22H34N6O2. The molecule has 0 radical (unpaired) electrons. The second-order valence-corrected chi connectivity index (χ2v) is 7.29. The van der Waals surface area contributed by atoms with E-state index in [-0.39, 0.29) is 12.3 Å². The number of aryl methyl sites for hydroxylation is 1. The van der Waals surface area contributed by atoms with Crippen LogP contribution in [0.15, 0.2) is 24.3 Å². The van der Waals surface area contributed by atoms with Crippen LogP contribution in [0, 0.1) is 5.41 Å². The van der Waals surface area contributed by atoms with Crippen molar-refractivity contribution in [3.8, 4) is 0 Å². The van der Waals surface area contributed by atoms with Gasteiger partial charge in [0.15, 0.2) is 11.6 Å². The molecule has 1 atom stereocenters. The Balaban J connectivity index is 2.05. The van der Waals surface area contributed by atoms with E-state index in [9.17, 15) is 4.79 Å². The van der Waals surface area contributed by atoms with Gasteiger partial charge in [0.1, 0.15) is 0 Å². The van der Waals surface area contributed by atoms with Crippen LogP contribution in [0.2, 0.25) is 0 Å². The van der Waals surface area contributed by atoms with Gasteiger partial charge in [-0.3, -0.25) is 4.79 Å². The highest BCUT2D eigenvalue weighted by Gasteiger charge is 2.20. The number of hydrogen-bond donors (Lipinski definition) is 5. The summed E-state index contributed by atoms with van der Waals surface area (Å²) in [7, 11) is 5.53. The first-order chi connectivity index (χ1) is 14.4. The van der Waals surface area contributed by atoms with E-state index in [2.05, 4.69) is 52.3 Å². The van der Waals surface area contributed by atoms with Gasteiger partial charge in [0.25, 0.3) is 0 Å². The fourth-order valence-corrected chi connectivity index (χ4v) is 3.78. The van der Waals surface area contributed by atoms with Gasteiger partial charge >= 0.3 is 5.97 Å². The smallest absolute Gasteiger partial charge is 0.303 e. The molecule has 0 amide bonds. The third kappa shape index (κ3) is 5.75. The predicted octanol–water partition coefficient (Wildman–Crippen LogP) is 3.69. The van der Waals surface area contributed by atoms with Gasteiger partial charge in [-0.2, -0.15) is 4.79 Å². The lowest BCUT2D eigenvalue weighted by molar-refractivity contribution is -0.137. The number of carbonyl (C=O) groups is 1. The standard InChI is InChI=1S/C22H34N6O2/c1-5-17(16-11-9-15(10-12-16)7-6-8-20(29)30)19(23)14-13-18-21(24-2)27-28(26-4)22(18)25-3/h9-12,17,23,25-26H,5-8,13-14H2,1-4H3,(H,24,27)(H,29,30)/t17-/m1/s1. The fourth-order valence-electron chi connectivity index (χ4n) is 3.78. The molecule has 0 aliphatic carbocycles. The van der Waals surface area contributed by atoms with Gasteiger partial charge in [-0.15, -0.1) is 5.10 Å². The van der Waals surface area contributed by atoms with Crippen LogP contribution in [0.4, 0.5) is 11.6 Å². The first-order valence-electron chi connectivity index (χ1n) is 10.5. The SMILES string of the molecule is CC[C@@H](C(=N)CCc1c(NC)nn(NC)c1NC)c1ccc(CCCC(=O)O)cc1. The summed E-state index contributed by atoms with van der Waals surface area (Å²) >= 11 is 0. The van der Waals surface area contributed by atoms with E-state index in [4.69, 9.17) is 10.5 Å². The molecule has 0 aliphatic heterocycles. The molecule has 0 saturated heterocycles. The highest BCUT2D eigenvalue weighted by atomic mass is 16.4. The van der Waals surface area contributed by atoms with Crippen LogP contribution in [0.5, 0.6) is 0 Å². The summed E-state index contributed by atoms with van der Waals surface area (Å²) in [6.45, 7) is 2.11. The summed E-state index contributed by atoms with van der Waals surface area (Å²) in [5.41, 5.74) is 7.07. The molecule has 2 aromatic rings. The number of rotatable bonds is 13. The topological polar surface area (TPSA) is 115 Å². The molecule has 1 heterocycles. The van der Waals surface area contributed by atoms with E-state index < -0.39 is 5.97 Å². The molecule has 8 nitrogen and oxygen atoms in total. The van der Waals surface area contributed by atoms with Gasteiger partial charge in [-0.1, -0.05) is 31.2 Å². The number of nitrogens with zero attached hydrogens (tertiary/aromatic N) is 2. The molecule has 30 heavy (non-hydrogen) atoms. The van der Waals surface area contributed by atoms with Crippen molar-refractivity contribution in [2.24, 2.45) is 0 Å². The lowest BCUT2D eigenvalue weighted by Crippen LogP contribution is -2.15. The van der Waals surface area contributed by atoms with Gasteiger partial charge in [0.2, 0.25) is 0 Å². The Bertz CT molecular complexity index is 844. The van der Waals surface area contributed by atoms with Crippen LogP contribution < -0.4 is 16.1 Å². The van der Waals surface area contributed by atoms with Gasteiger partial charge in [-0.25, -0.2) is 0 Å². The summed E-state index contributed by atoms with van der Waals surface area (Å²) in [6, 6.07) is 8.27. The molecule has 1 aromatic heterocycles. The Labute approximate surface area is 178 Å². The first-order valence-corrected chi connectivity index (χ1v) is 10.5. The van der Waals surface area contributed by atoms with Crippen molar-refractivity contribution < 1.29 is 9.90 Å². The number of benzene rings is 1. The zero-order valence-electron chi connectivity index (χ0n) is 18.4. The quantitative estimate of drug-likeness (QED) is 0.319. The van der Waals surface area contributed by atoms with E-state index in [0.717, 1.165) is 47.6 Å². The predicted molar refractivity (Wildman–Crippen MR) is 123 cm³/mol. The zero-order valence-corrected chi connectivity index (χ0v) is 18.4. The zero-order chi connectivity index (χ0) is 22.1. The van der Waals surface area contributed by atoms with E-state index in [1.807, 2.05) is 21.1 Å². The van der Waals surface area contributed by atoms with Crippen molar-refractivity contribution in [2.45, 2.75) is 51.4 Å². The molecule has 0 saturated carbocycles. The number of anilines is 2. The normalized spacial score (nSPS) is 11.7. The Hall–Kier alpha value is -3.03. The minimum absolute atomic E-state index is 0.0773. The Morgan fingerprint density at radius 3 is 2.37 bits per heavy atom. The van der Waals surface area contributed by atoms with Crippen molar-refractivity contribution in [1.82, 2.24) is 9.89 Å². The van der Waals surface area contributed by atoms with Crippen LogP contribution >= 0.6 is 0 Å². The van der Waals surface area contributed by atoms with Gasteiger partial charge in [0.05, 0.1) is 0 Å². The Morgan fingerprint density at radius 2 is 1.83 bits per heavy atom. The molecule has 0 fully saturated rings. The number of aliphatic carboxylic acids is 1. The molecule has 0 spiro atoms. The minimum atomic E-state index is -0.755. The van der Waals surface area contributed by atoms with Crippen molar-refractivity contribution in [3.05, 3.63) is 41.0 Å². The van der Waals surface area contributed by atoms with E-state index in [1.54, 1.807) is 4.79 Å². The molecule has 8 heteroatoms. The number of nitrogens with one attached hydrogen (secondary N) is 4. The Morgan fingerprint density at radius 1 is 1.13 bits per heavy atom. The van der Waals surface area contributed by atoms with Crippen LogP contribution in [0.25, 0.3) is 0 Å². The highest BCUT2D eigenvalue weighted by molar-refractivity contribution is 5.88. The van der Waals surface area contributed by atoms with Crippen molar-refractivity contribution in [3.63, 3.8) is 0 Å². The fraction of sp³-hybridized carbons (Fsp3) is 0.500. The molecule has 0 unspecified atom stereocenters. The first kappa shape index (κ1) is 23.3. The van der Waals surface area contributed by atoms with E-state index in [0.29, 0.717) is 18.6 Å². The van der Waals surface area contributed by atoms with E-state index >= 15 is 0 Å². The average molecular weight is 415 g/mol. The van der Waals surface area contributed by atoms with Gasteiger partial charge in [0, 0.05) is 44.8 Å². The van der Waals surface area contributed by atoms with Crippen LogP contribution in [-0.2, 0) is 17.6 Å². The van der Waals surface area contributed by atoms with Gasteiger partial charge in [-0.05, 0) is 43.2 Å². The number of carboxylic acids is 1. The van der Waals surface area contributed by atoms with Crippen molar-refractivity contribution in [1.29, 1.82) is 5.41 Å². The maximum Gasteiger partial charge on any atom is 0.303 e. The monoisotopic (exact) mass is 414 g/mol. The third-order valence-electron chi connectivity index (χ3n) is 5.38. The highest BCUT2D eigenvalue weighted by Crippen LogP contribution is 2.28. The molecule has 5 N–H and O–H groups in total. The average Bonchev–Trinajstić information content (AvgIpc) is 3.10. The maximum atomic E-state index is 10.7. The summed E-state index contributed by atoms with van der Waals surface area (Å²) < 4.78 is 0. The third-order valence-corrected chi connectivity index (χ3v) is 5.38. The molecule has 0 aliphatic rings. The van der Waals surface area contributed by atoms with Crippen LogP contribution in [0.3, 0.4) is 0 Å². The van der Waals surface area contributed by atoms with Crippen LogP contribution in [-0.4, -0.2) is 47.8 Å². The molecule has 2 rings (SSSR count). The summed E-state index contributed by atoms with van der Waals surface area (Å²) in [6.07, 6.45) is 3.83. The second kappa shape index (κ2) is 11.2.